The third kappa shape index (κ3) is 6.77. The molecule has 8 heteroatoms. The Labute approximate surface area is 241 Å². The van der Waals surface area contributed by atoms with Crippen molar-refractivity contribution in [2.45, 2.75) is 38.0 Å². The molecule has 41 heavy (non-hydrogen) atoms. The number of rotatable bonds is 11. The molecule has 1 atom stereocenters. The second kappa shape index (κ2) is 13.0. The van der Waals surface area contributed by atoms with E-state index in [2.05, 4.69) is 22.3 Å². The second-order valence-electron chi connectivity index (χ2n) is 10.7. The largest absolute Gasteiger partial charge is 0.493 e. The Bertz CT molecular complexity index is 1400. The fourth-order valence-electron chi connectivity index (χ4n) is 5.75. The second-order valence-corrected chi connectivity index (χ2v) is 10.7. The fraction of sp³-hybridized carbons (Fsp3) is 0.364. The first-order valence-electron chi connectivity index (χ1n) is 14.2. The van der Waals surface area contributed by atoms with Crippen molar-refractivity contribution >= 4 is 29.0 Å². The molecule has 1 saturated heterocycles. The van der Waals surface area contributed by atoms with E-state index in [1.165, 1.54) is 5.56 Å². The van der Waals surface area contributed by atoms with Crippen LogP contribution in [0.15, 0.2) is 71.7 Å². The number of amides is 1. The molecule has 3 aromatic rings. The van der Waals surface area contributed by atoms with Crippen molar-refractivity contribution in [3.8, 4) is 11.5 Å². The lowest BCUT2D eigenvalue weighted by atomic mass is 9.90. The minimum Gasteiger partial charge on any atom is -0.493 e. The summed E-state index contributed by atoms with van der Waals surface area (Å²) in [5.41, 5.74) is 5.08. The van der Waals surface area contributed by atoms with Crippen LogP contribution in [0.25, 0.3) is 0 Å². The number of nitrogens with zero attached hydrogens (tertiary/aromatic N) is 2. The summed E-state index contributed by atoms with van der Waals surface area (Å²) in [6.07, 6.45) is 4.13. The topological polar surface area (TPSA) is 100 Å². The zero-order valence-corrected chi connectivity index (χ0v) is 23.6. The van der Waals surface area contributed by atoms with Crippen molar-refractivity contribution in [2.24, 2.45) is 10.9 Å². The third-order valence-corrected chi connectivity index (χ3v) is 8.11. The fourth-order valence-corrected chi connectivity index (χ4v) is 5.75. The van der Waals surface area contributed by atoms with E-state index in [9.17, 15) is 9.59 Å². The standard InChI is InChI=1S/C33H37N3O5/c1-40-28-20-26-27(21-29(28)41-2)35-33(39)31(26)32(24-6-4-3-5-7-24)34-25-11-8-22(9-12-25)14-17-36-18-15-23(16-19-36)10-13-30(37)38/h3-9,11-12,20-21,23,31H,10,13-19H2,1-2H3,(H,35,39)(H,37,38). The highest BCUT2D eigenvalue weighted by molar-refractivity contribution is 6.24. The van der Waals surface area contributed by atoms with Crippen LogP contribution in [0.1, 0.15) is 48.3 Å². The number of piperidine rings is 1. The minimum absolute atomic E-state index is 0.138. The number of hydrogen-bond donors (Lipinski definition) is 2. The van der Waals surface area contributed by atoms with Gasteiger partial charge in [-0.3, -0.25) is 14.6 Å². The van der Waals surface area contributed by atoms with Gasteiger partial charge in [0.15, 0.2) is 11.5 Å². The predicted octanol–water partition coefficient (Wildman–Crippen LogP) is 5.68. The minimum atomic E-state index is -0.701. The molecule has 2 aliphatic rings. The number of fused-ring (bicyclic) bond motifs is 1. The van der Waals surface area contributed by atoms with Crippen LogP contribution in [-0.4, -0.2) is 61.4 Å². The number of hydrogen-bond acceptors (Lipinski definition) is 6. The number of anilines is 1. The van der Waals surface area contributed by atoms with Crippen LogP contribution in [-0.2, 0) is 16.0 Å². The van der Waals surface area contributed by atoms with Crippen LogP contribution in [0, 0.1) is 5.92 Å². The van der Waals surface area contributed by atoms with E-state index in [1.807, 2.05) is 48.5 Å². The molecular formula is C33H37N3O5. The normalized spacial score (nSPS) is 17.7. The smallest absolute Gasteiger partial charge is 0.303 e. The van der Waals surface area contributed by atoms with Gasteiger partial charge in [0.2, 0.25) is 5.91 Å². The van der Waals surface area contributed by atoms with E-state index in [-0.39, 0.29) is 12.3 Å². The number of carbonyl (C=O) groups is 2. The van der Waals surface area contributed by atoms with Crippen molar-refractivity contribution in [3.63, 3.8) is 0 Å². The van der Waals surface area contributed by atoms with E-state index >= 15 is 0 Å². The maximum atomic E-state index is 13.3. The summed E-state index contributed by atoms with van der Waals surface area (Å²) in [6, 6.07) is 21.7. The number of carbonyl (C=O) groups excluding carboxylic acids is 1. The van der Waals surface area contributed by atoms with Crippen molar-refractivity contribution < 1.29 is 24.2 Å². The molecular weight excluding hydrogens is 518 g/mol. The molecule has 214 valence electrons. The third-order valence-electron chi connectivity index (χ3n) is 8.11. The summed E-state index contributed by atoms with van der Waals surface area (Å²) in [4.78, 5) is 31.6. The van der Waals surface area contributed by atoms with Gasteiger partial charge in [-0.05, 0) is 79.6 Å². The molecule has 2 aliphatic heterocycles. The highest BCUT2D eigenvalue weighted by atomic mass is 16.5. The first kappa shape index (κ1) is 28.4. The molecule has 0 saturated carbocycles. The Morgan fingerprint density at radius 2 is 1.68 bits per heavy atom. The molecule has 1 amide bonds. The Morgan fingerprint density at radius 3 is 2.34 bits per heavy atom. The number of carboxylic acid groups (broad SMARTS) is 1. The summed E-state index contributed by atoms with van der Waals surface area (Å²) in [5, 5.41) is 11.9. The van der Waals surface area contributed by atoms with Gasteiger partial charge in [-0.1, -0.05) is 42.5 Å². The first-order valence-corrected chi connectivity index (χ1v) is 14.2. The molecule has 5 rings (SSSR count). The maximum Gasteiger partial charge on any atom is 0.303 e. The van der Waals surface area contributed by atoms with E-state index in [0.29, 0.717) is 28.8 Å². The van der Waals surface area contributed by atoms with Gasteiger partial charge >= 0.3 is 5.97 Å². The zero-order chi connectivity index (χ0) is 28.8. The quantitative estimate of drug-likeness (QED) is 0.295. The molecule has 0 spiro atoms. The summed E-state index contributed by atoms with van der Waals surface area (Å²) < 4.78 is 11.0. The predicted molar refractivity (Wildman–Crippen MR) is 160 cm³/mol. The Kier molecular flexibility index (Phi) is 8.99. The average Bonchev–Trinajstić information content (AvgIpc) is 3.32. The maximum absolute atomic E-state index is 13.3. The van der Waals surface area contributed by atoms with Crippen molar-refractivity contribution in [3.05, 3.63) is 83.4 Å². The van der Waals surface area contributed by atoms with Gasteiger partial charge in [-0.25, -0.2) is 0 Å². The lowest BCUT2D eigenvalue weighted by molar-refractivity contribution is -0.137. The Hall–Kier alpha value is -4.17. The van der Waals surface area contributed by atoms with E-state index in [0.717, 1.165) is 62.1 Å². The number of benzene rings is 3. The summed E-state index contributed by atoms with van der Waals surface area (Å²) in [5.74, 6) is 0.216. The van der Waals surface area contributed by atoms with Crippen LogP contribution < -0.4 is 14.8 Å². The first-order chi connectivity index (χ1) is 19.9. The van der Waals surface area contributed by atoms with E-state index < -0.39 is 11.9 Å². The van der Waals surface area contributed by atoms with Gasteiger partial charge in [0, 0.05) is 24.7 Å². The summed E-state index contributed by atoms with van der Waals surface area (Å²) in [7, 11) is 3.16. The van der Waals surface area contributed by atoms with Gasteiger partial charge < -0.3 is 24.8 Å². The van der Waals surface area contributed by atoms with Gasteiger partial charge in [-0.2, -0.15) is 0 Å². The van der Waals surface area contributed by atoms with Crippen LogP contribution in [0.2, 0.25) is 0 Å². The summed E-state index contributed by atoms with van der Waals surface area (Å²) >= 11 is 0. The van der Waals surface area contributed by atoms with E-state index in [1.54, 1.807) is 20.3 Å². The number of likely N-dealkylation sites (tertiary alicyclic amines) is 1. The molecule has 0 aliphatic carbocycles. The molecule has 1 unspecified atom stereocenters. The van der Waals surface area contributed by atoms with Crippen LogP contribution in [0.3, 0.4) is 0 Å². The Morgan fingerprint density at radius 1 is 1.00 bits per heavy atom. The van der Waals surface area contributed by atoms with Crippen LogP contribution in [0.4, 0.5) is 11.4 Å². The number of aliphatic carboxylic acids is 1. The molecule has 0 radical (unpaired) electrons. The van der Waals surface area contributed by atoms with E-state index in [4.69, 9.17) is 19.6 Å². The molecule has 8 nitrogen and oxygen atoms in total. The number of methoxy groups -OCH3 is 2. The number of ether oxygens (including phenoxy) is 2. The average molecular weight is 556 g/mol. The van der Waals surface area contributed by atoms with Gasteiger partial charge in [-0.15, -0.1) is 0 Å². The van der Waals surface area contributed by atoms with Gasteiger partial charge in [0.1, 0.15) is 5.92 Å². The zero-order valence-electron chi connectivity index (χ0n) is 23.6. The highest BCUT2D eigenvalue weighted by Crippen LogP contribution is 2.42. The molecule has 1 fully saturated rings. The van der Waals surface area contributed by atoms with Gasteiger partial charge in [0.05, 0.1) is 25.6 Å². The highest BCUT2D eigenvalue weighted by Gasteiger charge is 2.36. The van der Waals surface area contributed by atoms with Crippen molar-refractivity contribution in [1.29, 1.82) is 0 Å². The molecule has 0 aromatic heterocycles. The van der Waals surface area contributed by atoms with Crippen molar-refractivity contribution in [2.75, 3.05) is 39.2 Å². The number of nitrogens with one attached hydrogen (secondary N) is 1. The molecule has 3 aromatic carbocycles. The molecule has 0 bridgehead atoms. The molecule has 2 N–H and O–H groups in total. The number of aliphatic imine (C=N–C) groups is 1. The van der Waals surface area contributed by atoms with Crippen LogP contribution >= 0.6 is 0 Å². The van der Waals surface area contributed by atoms with Crippen molar-refractivity contribution in [1.82, 2.24) is 4.90 Å². The monoisotopic (exact) mass is 555 g/mol. The lowest BCUT2D eigenvalue weighted by Crippen LogP contribution is -2.35. The van der Waals surface area contributed by atoms with Crippen LogP contribution in [0.5, 0.6) is 11.5 Å². The van der Waals surface area contributed by atoms with Gasteiger partial charge in [0.25, 0.3) is 0 Å². The summed E-state index contributed by atoms with van der Waals surface area (Å²) in [6.45, 7) is 3.03. The molecule has 2 heterocycles. The SMILES string of the molecule is COc1cc2c(cc1OC)C(C(=Nc1ccc(CCN3CCC(CCC(=O)O)CC3)cc1)c1ccccc1)C(=O)N2. The Balaban J connectivity index is 1.31. The lowest BCUT2D eigenvalue weighted by Gasteiger charge is -2.31. The number of carboxylic acids is 1.